The third kappa shape index (κ3) is 4.10. The first-order chi connectivity index (χ1) is 16.4. The van der Waals surface area contributed by atoms with Gasteiger partial charge in [-0.15, -0.1) is 0 Å². The van der Waals surface area contributed by atoms with Crippen LogP contribution >= 0.6 is 11.6 Å². The van der Waals surface area contributed by atoms with Crippen LogP contribution in [-0.2, 0) is 7.05 Å². The Kier molecular flexibility index (Phi) is 5.93. The van der Waals surface area contributed by atoms with E-state index < -0.39 is 0 Å². The number of fused-ring (bicyclic) bond motifs is 1. The number of benzene rings is 2. The van der Waals surface area contributed by atoms with Crippen molar-refractivity contribution in [1.29, 1.82) is 0 Å². The predicted octanol–water partition coefficient (Wildman–Crippen LogP) is 4.37. The van der Waals surface area contributed by atoms with Gasteiger partial charge in [0.25, 0.3) is 0 Å². The lowest BCUT2D eigenvalue weighted by Crippen LogP contribution is -2.44. The number of aryl methyl sites for hydroxylation is 1. The highest BCUT2D eigenvalue weighted by Crippen LogP contribution is 2.38. The molecule has 3 heterocycles. The number of rotatable bonds is 5. The maximum atomic E-state index is 6.56. The molecule has 9 heteroatoms. The fourth-order valence-electron chi connectivity index (χ4n) is 4.44. The second kappa shape index (κ2) is 9.04. The van der Waals surface area contributed by atoms with Crippen LogP contribution < -0.4 is 20.7 Å². The number of likely N-dealkylation sites (N-methyl/N-ethyl adjacent to an activating group) is 1. The summed E-state index contributed by atoms with van der Waals surface area (Å²) in [6.07, 6.45) is 3.68. The Morgan fingerprint density at radius 3 is 2.62 bits per heavy atom. The molecule has 176 valence electrons. The molecule has 0 amide bonds. The van der Waals surface area contributed by atoms with Crippen LogP contribution in [0.25, 0.3) is 22.2 Å². The largest absolute Gasteiger partial charge is 0.495 e. The van der Waals surface area contributed by atoms with Gasteiger partial charge < -0.3 is 30.2 Å². The molecule has 8 nitrogen and oxygen atoms in total. The Morgan fingerprint density at radius 2 is 1.85 bits per heavy atom. The van der Waals surface area contributed by atoms with Gasteiger partial charge in [-0.3, -0.25) is 0 Å². The zero-order valence-corrected chi connectivity index (χ0v) is 20.3. The van der Waals surface area contributed by atoms with Crippen molar-refractivity contribution < 1.29 is 4.74 Å². The van der Waals surface area contributed by atoms with Crippen molar-refractivity contribution in [2.75, 3.05) is 56.3 Å². The third-order valence-corrected chi connectivity index (χ3v) is 6.61. The van der Waals surface area contributed by atoms with E-state index in [2.05, 4.69) is 43.8 Å². The lowest BCUT2D eigenvalue weighted by molar-refractivity contribution is 0.313. The van der Waals surface area contributed by atoms with Gasteiger partial charge in [-0.25, -0.2) is 9.97 Å². The van der Waals surface area contributed by atoms with Gasteiger partial charge in [-0.2, -0.15) is 0 Å². The molecule has 3 N–H and O–H groups in total. The van der Waals surface area contributed by atoms with E-state index in [-0.39, 0.29) is 0 Å². The molecule has 1 aliphatic heterocycles. The van der Waals surface area contributed by atoms with Crippen molar-refractivity contribution in [3.05, 3.63) is 53.8 Å². The van der Waals surface area contributed by atoms with Crippen LogP contribution in [0.2, 0.25) is 5.02 Å². The summed E-state index contributed by atoms with van der Waals surface area (Å²) >= 11 is 6.56. The van der Waals surface area contributed by atoms with E-state index in [9.17, 15) is 0 Å². The number of nitrogens with two attached hydrogens (primary N) is 1. The van der Waals surface area contributed by atoms with Crippen molar-refractivity contribution in [2.45, 2.75) is 0 Å². The average molecular weight is 478 g/mol. The lowest BCUT2D eigenvalue weighted by atomic mass is 10.1. The summed E-state index contributed by atoms with van der Waals surface area (Å²) < 4.78 is 7.57. The molecule has 1 fully saturated rings. The number of para-hydroxylation sites is 1. The van der Waals surface area contributed by atoms with E-state index in [1.54, 1.807) is 13.3 Å². The molecule has 0 spiro atoms. The normalized spacial score (nSPS) is 14.5. The molecule has 1 aliphatic rings. The van der Waals surface area contributed by atoms with Crippen LogP contribution in [0.5, 0.6) is 5.75 Å². The summed E-state index contributed by atoms with van der Waals surface area (Å²) in [6.45, 7) is 3.77. The maximum Gasteiger partial charge on any atom is 0.227 e. The van der Waals surface area contributed by atoms with E-state index in [0.29, 0.717) is 28.1 Å². The highest BCUT2D eigenvalue weighted by molar-refractivity contribution is 6.33. The summed E-state index contributed by atoms with van der Waals surface area (Å²) in [4.78, 5) is 13.9. The van der Waals surface area contributed by atoms with Crippen LogP contribution in [0.3, 0.4) is 0 Å². The summed E-state index contributed by atoms with van der Waals surface area (Å²) in [5.41, 5.74) is 11.4. The zero-order chi connectivity index (χ0) is 23.8. The standard InChI is InChI=1S/C25H28ClN7O/c1-31-8-10-33(11-9-31)22-13-23(34-3)19(27)12-20(22)29-25-28-14-18(26)24(30-25)17-15-32(2)21-7-5-4-6-16(17)21/h4-7,12-15H,8-11,27H2,1-3H3,(H,28,29,30). The van der Waals surface area contributed by atoms with E-state index in [4.69, 9.17) is 27.1 Å². The van der Waals surface area contributed by atoms with Crippen molar-refractivity contribution in [3.8, 4) is 17.0 Å². The summed E-state index contributed by atoms with van der Waals surface area (Å²) in [7, 11) is 5.78. The molecule has 4 aromatic rings. The first-order valence-corrected chi connectivity index (χ1v) is 11.6. The second-order valence-corrected chi connectivity index (χ2v) is 8.99. The fourth-order valence-corrected chi connectivity index (χ4v) is 4.63. The van der Waals surface area contributed by atoms with Gasteiger partial charge in [0.15, 0.2) is 0 Å². The van der Waals surface area contributed by atoms with Crippen LogP contribution in [0.4, 0.5) is 23.0 Å². The molecule has 0 atom stereocenters. The Morgan fingerprint density at radius 1 is 1.09 bits per heavy atom. The van der Waals surface area contributed by atoms with Crippen LogP contribution in [0.15, 0.2) is 48.8 Å². The Balaban J connectivity index is 1.54. The molecular formula is C25H28ClN7O. The number of hydrogen-bond donors (Lipinski definition) is 2. The number of nitrogens with one attached hydrogen (secondary N) is 1. The molecule has 1 saturated heterocycles. The number of nitrogen functional groups attached to an aromatic ring is 1. The Hall–Kier alpha value is -3.49. The van der Waals surface area contributed by atoms with Gasteiger partial charge in [0.2, 0.25) is 5.95 Å². The summed E-state index contributed by atoms with van der Waals surface area (Å²) in [6, 6.07) is 12.0. The minimum absolute atomic E-state index is 0.451. The van der Waals surface area contributed by atoms with E-state index in [1.807, 2.05) is 37.5 Å². The number of methoxy groups -OCH3 is 1. The van der Waals surface area contributed by atoms with Crippen molar-refractivity contribution >= 4 is 45.5 Å². The molecule has 2 aromatic heterocycles. The topological polar surface area (TPSA) is 84.5 Å². The molecule has 34 heavy (non-hydrogen) atoms. The van der Waals surface area contributed by atoms with Crippen LogP contribution in [-0.4, -0.2) is 59.8 Å². The highest BCUT2D eigenvalue weighted by Gasteiger charge is 2.21. The minimum atomic E-state index is 0.451. The fraction of sp³-hybridized carbons (Fsp3) is 0.280. The maximum absolute atomic E-state index is 6.56. The second-order valence-electron chi connectivity index (χ2n) is 8.59. The molecule has 0 radical (unpaired) electrons. The number of aromatic nitrogens is 3. The molecule has 0 saturated carbocycles. The first kappa shape index (κ1) is 22.3. The highest BCUT2D eigenvalue weighted by atomic mass is 35.5. The van der Waals surface area contributed by atoms with E-state index >= 15 is 0 Å². The number of piperazine rings is 1. The SMILES string of the molecule is COc1cc(N2CCN(C)CC2)c(Nc2ncc(Cl)c(-c3cn(C)c4ccccc34)n2)cc1N. The van der Waals surface area contributed by atoms with Gasteiger partial charge in [-0.1, -0.05) is 29.8 Å². The molecule has 0 unspecified atom stereocenters. The van der Waals surface area contributed by atoms with E-state index in [0.717, 1.165) is 54.0 Å². The molecule has 0 aliphatic carbocycles. The van der Waals surface area contributed by atoms with Gasteiger partial charge in [0.05, 0.1) is 41.1 Å². The van der Waals surface area contributed by atoms with Gasteiger partial charge in [-0.05, 0) is 19.2 Å². The zero-order valence-electron chi connectivity index (χ0n) is 19.5. The summed E-state index contributed by atoms with van der Waals surface area (Å²) in [5.74, 6) is 1.10. The van der Waals surface area contributed by atoms with Crippen LogP contribution in [0.1, 0.15) is 0 Å². The quantitative estimate of drug-likeness (QED) is 0.413. The number of hydrogen-bond acceptors (Lipinski definition) is 7. The Labute approximate surface area is 203 Å². The van der Waals surface area contributed by atoms with Crippen molar-refractivity contribution in [2.24, 2.45) is 7.05 Å². The van der Waals surface area contributed by atoms with Gasteiger partial charge in [0.1, 0.15) is 5.75 Å². The third-order valence-electron chi connectivity index (χ3n) is 6.33. The van der Waals surface area contributed by atoms with Gasteiger partial charge in [0, 0.05) is 62.0 Å². The molecule has 5 rings (SSSR count). The van der Waals surface area contributed by atoms with Gasteiger partial charge >= 0.3 is 0 Å². The minimum Gasteiger partial charge on any atom is -0.495 e. The first-order valence-electron chi connectivity index (χ1n) is 11.2. The van der Waals surface area contributed by atoms with Crippen LogP contribution in [0, 0.1) is 0 Å². The average Bonchev–Trinajstić information content (AvgIpc) is 3.18. The predicted molar refractivity (Wildman–Crippen MR) is 139 cm³/mol. The molecular weight excluding hydrogens is 450 g/mol. The van der Waals surface area contributed by atoms with Crippen molar-refractivity contribution in [3.63, 3.8) is 0 Å². The smallest absolute Gasteiger partial charge is 0.227 e. The lowest BCUT2D eigenvalue weighted by Gasteiger charge is -2.35. The molecule has 0 bridgehead atoms. The van der Waals surface area contributed by atoms with E-state index in [1.165, 1.54) is 0 Å². The summed E-state index contributed by atoms with van der Waals surface area (Å²) in [5, 5.41) is 4.97. The Bertz CT molecular complexity index is 1340. The van der Waals surface area contributed by atoms with Crippen molar-refractivity contribution in [1.82, 2.24) is 19.4 Å². The monoisotopic (exact) mass is 477 g/mol. The number of anilines is 4. The number of ether oxygens (including phenoxy) is 1. The molecule has 2 aromatic carbocycles. The number of halogens is 1. The number of nitrogens with zero attached hydrogens (tertiary/aromatic N) is 5.